The molecule has 2 heteroatoms. The number of rotatable bonds is 2. The largest absolute Gasteiger partial charge is 0.326 e. The number of hydrogen-bond acceptors (Lipinski definition) is 1. The zero-order chi connectivity index (χ0) is 14.1. The first kappa shape index (κ1) is 13.4. The van der Waals surface area contributed by atoms with E-state index < -0.39 is 0 Å². The fourth-order valence-corrected chi connectivity index (χ4v) is 3.34. The van der Waals surface area contributed by atoms with Gasteiger partial charge in [0.15, 0.2) is 0 Å². The smallest absolute Gasteiger partial charge is 0.228 e. The second-order valence-electron chi connectivity index (χ2n) is 6.27. The van der Waals surface area contributed by atoms with E-state index in [2.05, 4.69) is 43.4 Å². The molecular formula is C18H23NO. The molecule has 2 aliphatic carbocycles. The van der Waals surface area contributed by atoms with Crippen molar-refractivity contribution in [3.05, 3.63) is 41.5 Å². The van der Waals surface area contributed by atoms with Crippen LogP contribution in [0.25, 0.3) is 0 Å². The highest BCUT2D eigenvalue weighted by Crippen LogP contribution is 2.51. The van der Waals surface area contributed by atoms with E-state index in [9.17, 15) is 4.79 Å². The van der Waals surface area contributed by atoms with Crippen molar-refractivity contribution >= 4 is 11.6 Å². The normalized spacial score (nSPS) is 29.8. The van der Waals surface area contributed by atoms with Crippen molar-refractivity contribution in [3.8, 4) is 0 Å². The highest BCUT2D eigenvalue weighted by Gasteiger charge is 2.52. The Morgan fingerprint density at radius 2 is 2.05 bits per heavy atom. The van der Waals surface area contributed by atoms with Crippen molar-refractivity contribution < 1.29 is 4.79 Å². The average Bonchev–Trinajstić information content (AvgIpc) is 3.05. The molecule has 1 saturated carbocycles. The summed E-state index contributed by atoms with van der Waals surface area (Å²) in [5.74, 6) is 1.47. The maximum atomic E-state index is 12.4. The van der Waals surface area contributed by atoms with Crippen LogP contribution in [0.1, 0.15) is 36.8 Å². The molecule has 0 heterocycles. The summed E-state index contributed by atoms with van der Waals surface area (Å²) in [6, 6.07) is 6.13. The molecule has 1 fully saturated rings. The highest BCUT2D eigenvalue weighted by atomic mass is 16.2. The minimum Gasteiger partial charge on any atom is -0.326 e. The Kier molecular flexibility index (Phi) is 3.64. The SMILES string of the molecule is Cc1ccc(NC(=O)[C@H]2[C@H]3/C=C\CCCC[C@@H]32)cc1C. The molecule has 3 rings (SSSR count). The van der Waals surface area contributed by atoms with Gasteiger partial charge in [0.2, 0.25) is 5.91 Å². The van der Waals surface area contributed by atoms with Gasteiger partial charge in [-0.3, -0.25) is 4.79 Å². The maximum Gasteiger partial charge on any atom is 0.228 e. The van der Waals surface area contributed by atoms with Crippen molar-refractivity contribution in [2.75, 3.05) is 5.32 Å². The van der Waals surface area contributed by atoms with Crippen LogP contribution in [0.3, 0.4) is 0 Å². The first-order valence-electron chi connectivity index (χ1n) is 7.71. The zero-order valence-electron chi connectivity index (χ0n) is 12.4. The fraction of sp³-hybridized carbons (Fsp3) is 0.500. The first-order valence-corrected chi connectivity index (χ1v) is 7.71. The number of nitrogens with one attached hydrogen (secondary N) is 1. The van der Waals surface area contributed by atoms with Gasteiger partial charge < -0.3 is 5.32 Å². The second-order valence-corrected chi connectivity index (χ2v) is 6.27. The number of fused-ring (bicyclic) bond motifs is 1. The predicted octanol–water partition coefficient (Wildman–Crippen LogP) is 4.23. The van der Waals surface area contributed by atoms with Crippen LogP contribution in [0.2, 0.25) is 0 Å². The molecular weight excluding hydrogens is 246 g/mol. The van der Waals surface area contributed by atoms with Crippen LogP contribution in [0.5, 0.6) is 0 Å². The predicted molar refractivity (Wildman–Crippen MR) is 82.6 cm³/mol. The summed E-state index contributed by atoms with van der Waals surface area (Å²) in [4.78, 5) is 12.4. The molecule has 3 atom stereocenters. The summed E-state index contributed by atoms with van der Waals surface area (Å²) in [6.07, 6.45) is 9.45. The Bertz CT molecular complexity index is 546. The molecule has 2 aliphatic rings. The number of benzene rings is 1. The lowest BCUT2D eigenvalue weighted by Crippen LogP contribution is -2.15. The van der Waals surface area contributed by atoms with E-state index in [1.54, 1.807) is 0 Å². The number of allylic oxidation sites excluding steroid dienone is 2. The van der Waals surface area contributed by atoms with Crippen molar-refractivity contribution in [2.24, 2.45) is 17.8 Å². The van der Waals surface area contributed by atoms with Crippen LogP contribution in [0.4, 0.5) is 5.69 Å². The zero-order valence-corrected chi connectivity index (χ0v) is 12.4. The molecule has 0 spiro atoms. The molecule has 0 aliphatic heterocycles. The Morgan fingerprint density at radius 3 is 2.85 bits per heavy atom. The Labute approximate surface area is 121 Å². The van der Waals surface area contributed by atoms with Crippen LogP contribution in [-0.4, -0.2) is 5.91 Å². The maximum absolute atomic E-state index is 12.4. The minimum absolute atomic E-state index is 0.200. The van der Waals surface area contributed by atoms with Crippen LogP contribution >= 0.6 is 0 Å². The molecule has 1 N–H and O–H groups in total. The quantitative estimate of drug-likeness (QED) is 0.800. The second kappa shape index (κ2) is 5.43. The van der Waals surface area contributed by atoms with Gasteiger partial charge in [0.25, 0.3) is 0 Å². The van der Waals surface area contributed by atoms with Gasteiger partial charge in [0.05, 0.1) is 0 Å². The third kappa shape index (κ3) is 2.65. The number of aryl methyl sites for hydroxylation is 2. The third-order valence-electron chi connectivity index (χ3n) is 4.82. The Balaban J connectivity index is 1.66. The van der Waals surface area contributed by atoms with Gasteiger partial charge in [-0.25, -0.2) is 0 Å². The van der Waals surface area contributed by atoms with Gasteiger partial charge in [0.1, 0.15) is 0 Å². The van der Waals surface area contributed by atoms with E-state index in [0.29, 0.717) is 11.8 Å². The van der Waals surface area contributed by atoms with Gasteiger partial charge in [-0.1, -0.05) is 24.6 Å². The standard InChI is InChI=1S/C18H23NO/c1-12-9-10-14(11-13(12)2)19-18(20)17-15-7-5-3-4-6-8-16(15)17/h5,7,9-11,15-17H,3-4,6,8H2,1-2H3,(H,19,20)/b7-5-/t15-,16-,17-/m0/s1. The molecule has 1 aromatic rings. The van der Waals surface area contributed by atoms with Crippen LogP contribution in [-0.2, 0) is 4.79 Å². The van der Waals surface area contributed by atoms with Crippen molar-refractivity contribution in [1.82, 2.24) is 0 Å². The molecule has 106 valence electrons. The third-order valence-corrected chi connectivity index (χ3v) is 4.82. The Hall–Kier alpha value is -1.57. The van der Waals surface area contributed by atoms with Crippen LogP contribution in [0, 0.1) is 31.6 Å². The fourth-order valence-electron chi connectivity index (χ4n) is 3.34. The topological polar surface area (TPSA) is 29.1 Å². The van der Waals surface area contributed by atoms with Gasteiger partial charge in [-0.05, 0) is 68.2 Å². The van der Waals surface area contributed by atoms with E-state index in [1.165, 1.54) is 36.8 Å². The molecule has 1 amide bonds. The van der Waals surface area contributed by atoms with Crippen LogP contribution in [0.15, 0.2) is 30.4 Å². The van der Waals surface area contributed by atoms with E-state index in [4.69, 9.17) is 0 Å². The lowest BCUT2D eigenvalue weighted by molar-refractivity contribution is -0.117. The van der Waals surface area contributed by atoms with E-state index >= 15 is 0 Å². The Morgan fingerprint density at radius 1 is 1.20 bits per heavy atom. The molecule has 1 aromatic carbocycles. The molecule has 0 bridgehead atoms. The summed E-state index contributed by atoms with van der Waals surface area (Å²) >= 11 is 0. The lowest BCUT2D eigenvalue weighted by atomic mass is 10.1. The lowest BCUT2D eigenvalue weighted by Gasteiger charge is -2.07. The van der Waals surface area contributed by atoms with Gasteiger partial charge in [0, 0.05) is 11.6 Å². The molecule has 2 nitrogen and oxygen atoms in total. The van der Waals surface area contributed by atoms with Crippen molar-refractivity contribution in [1.29, 1.82) is 0 Å². The minimum atomic E-state index is 0.200. The van der Waals surface area contributed by atoms with Crippen molar-refractivity contribution in [2.45, 2.75) is 39.5 Å². The highest BCUT2D eigenvalue weighted by molar-refractivity contribution is 5.95. The van der Waals surface area contributed by atoms with E-state index in [1.807, 2.05) is 6.07 Å². The van der Waals surface area contributed by atoms with E-state index in [0.717, 1.165) is 5.69 Å². The van der Waals surface area contributed by atoms with Crippen LogP contribution < -0.4 is 5.32 Å². The molecule has 0 unspecified atom stereocenters. The van der Waals surface area contributed by atoms with Crippen molar-refractivity contribution in [3.63, 3.8) is 0 Å². The molecule has 0 radical (unpaired) electrons. The van der Waals surface area contributed by atoms with Gasteiger partial charge >= 0.3 is 0 Å². The number of carbonyl (C=O) groups excluding carboxylic acids is 1. The summed E-state index contributed by atoms with van der Waals surface area (Å²) in [6.45, 7) is 4.17. The summed E-state index contributed by atoms with van der Waals surface area (Å²) in [5.41, 5.74) is 3.42. The monoisotopic (exact) mass is 269 g/mol. The number of amides is 1. The van der Waals surface area contributed by atoms with Gasteiger partial charge in [-0.15, -0.1) is 0 Å². The molecule has 20 heavy (non-hydrogen) atoms. The average molecular weight is 269 g/mol. The number of hydrogen-bond donors (Lipinski definition) is 1. The number of carbonyl (C=O) groups is 1. The summed E-state index contributed by atoms with van der Waals surface area (Å²) in [7, 11) is 0. The molecule has 0 saturated heterocycles. The summed E-state index contributed by atoms with van der Waals surface area (Å²) < 4.78 is 0. The van der Waals surface area contributed by atoms with Gasteiger partial charge in [-0.2, -0.15) is 0 Å². The number of anilines is 1. The summed E-state index contributed by atoms with van der Waals surface area (Å²) in [5, 5.41) is 3.10. The first-order chi connectivity index (χ1) is 9.66. The molecule has 0 aromatic heterocycles. The van der Waals surface area contributed by atoms with E-state index in [-0.39, 0.29) is 11.8 Å².